The van der Waals surface area contributed by atoms with Crippen molar-refractivity contribution in [2.24, 2.45) is 0 Å². The van der Waals surface area contributed by atoms with Crippen LogP contribution in [0.5, 0.6) is 0 Å². The zero-order valence-corrected chi connectivity index (χ0v) is 20.2. The van der Waals surface area contributed by atoms with Crippen molar-refractivity contribution >= 4 is 57.8 Å². The Morgan fingerprint density at radius 2 is 1.79 bits per heavy atom. The number of amides is 1. The minimum absolute atomic E-state index is 0.192. The van der Waals surface area contributed by atoms with Gasteiger partial charge in [0.15, 0.2) is 5.65 Å². The number of anilines is 1. The molecule has 8 nitrogen and oxygen atoms in total. The predicted octanol–water partition coefficient (Wildman–Crippen LogP) is 4.56. The van der Waals surface area contributed by atoms with Gasteiger partial charge < -0.3 is 10.6 Å². The summed E-state index contributed by atoms with van der Waals surface area (Å²) < 4.78 is 1.48. The Bertz CT molecular complexity index is 1420. The Hall–Kier alpha value is -3.20. The smallest absolute Gasteiger partial charge is 0.278 e. The first-order chi connectivity index (χ1) is 16.3. The van der Waals surface area contributed by atoms with Crippen LogP contribution >= 0.6 is 34.8 Å². The first-order valence-electron chi connectivity index (χ1n) is 10.3. The van der Waals surface area contributed by atoms with Crippen LogP contribution in [0.15, 0.2) is 53.5 Å². The fourth-order valence-corrected chi connectivity index (χ4v) is 3.75. The first-order valence-corrected chi connectivity index (χ1v) is 11.4. The molecule has 0 unspecified atom stereocenters. The molecule has 0 spiro atoms. The molecular weight excluding hydrogens is 499 g/mol. The van der Waals surface area contributed by atoms with Crippen molar-refractivity contribution in [3.05, 3.63) is 79.6 Å². The summed E-state index contributed by atoms with van der Waals surface area (Å²) in [4.78, 5) is 38.1. The molecule has 0 bridgehead atoms. The minimum atomic E-state index is -0.339. The van der Waals surface area contributed by atoms with Gasteiger partial charge in [-0.2, -0.15) is 4.98 Å². The molecule has 4 aromatic rings. The first kappa shape index (κ1) is 23.9. The fourth-order valence-electron chi connectivity index (χ4n) is 3.30. The molecule has 0 saturated heterocycles. The van der Waals surface area contributed by atoms with Gasteiger partial charge in [-0.25, -0.2) is 9.97 Å². The van der Waals surface area contributed by atoms with Crippen LogP contribution in [0.2, 0.25) is 15.1 Å². The molecule has 1 amide bonds. The summed E-state index contributed by atoms with van der Waals surface area (Å²) in [6, 6.07) is 12.1. The van der Waals surface area contributed by atoms with E-state index < -0.39 is 0 Å². The molecule has 0 fully saturated rings. The summed E-state index contributed by atoms with van der Waals surface area (Å²) in [5, 5.41) is 7.30. The topological polar surface area (TPSA) is 102 Å². The molecule has 34 heavy (non-hydrogen) atoms. The summed E-state index contributed by atoms with van der Waals surface area (Å²) in [5.74, 6) is 0.121. The lowest BCUT2D eigenvalue weighted by molar-refractivity contribution is -0.118. The lowest BCUT2D eigenvalue weighted by Crippen LogP contribution is -2.31. The van der Waals surface area contributed by atoms with Gasteiger partial charge in [-0.15, -0.1) is 0 Å². The summed E-state index contributed by atoms with van der Waals surface area (Å²) >= 11 is 18.0. The standard InChI is InChI=1S/C23H19Cl3N6O2/c1-13(33)27-8-9-32-21-19(30-20(22(32)34)15-3-5-16(24)6-4-15)12-29-23(31-21)28-11-14-2-7-17(25)18(26)10-14/h2-7,10,12H,8-9,11H2,1H3,(H,27,33)(H,28,29,31). The Labute approximate surface area is 209 Å². The monoisotopic (exact) mass is 516 g/mol. The number of hydrogen-bond donors (Lipinski definition) is 2. The van der Waals surface area contributed by atoms with Crippen LogP contribution in [0, 0.1) is 0 Å². The van der Waals surface area contributed by atoms with E-state index in [9.17, 15) is 9.59 Å². The summed E-state index contributed by atoms with van der Waals surface area (Å²) in [5.41, 5.74) is 2.19. The van der Waals surface area contributed by atoms with E-state index in [0.717, 1.165) is 5.56 Å². The van der Waals surface area contributed by atoms with E-state index in [0.29, 0.717) is 44.3 Å². The zero-order chi connectivity index (χ0) is 24.2. The Morgan fingerprint density at radius 1 is 1.03 bits per heavy atom. The molecule has 11 heteroatoms. The highest BCUT2D eigenvalue weighted by atomic mass is 35.5. The van der Waals surface area contributed by atoms with Crippen LogP contribution in [-0.2, 0) is 17.9 Å². The number of nitrogens with one attached hydrogen (secondary N) is 2. The lowest BCUT2D eigenvalue weighted by atomic mass is 10.1. The third-order valence-corrected chi connectivity index (χ3v) is 5.94. The molecule has 0 radical (unpaired) electrons. The van der Waals surface area contributed by atoms with Crippen molar-refractivity contribution in [2.75, 3.05) is 11.9 Å². The molecule has 0 atom stereocenters. The molecule has 0 aliphatic rings. The number of hydrogen-bond acceptors (Lipinski definition) is 6. The number of benzene rings is 2. The average Bonchev–Trinajstić information content (AvgIpc) is 2.81. The highest BCUT2D eigenvalue weighted by Gasteiger charge is 2.15. The highest BCUT2D eigenvalue weighted by molar-refractivity contribution is 6.42. The lowest BCUT2D eigenvalue weighted by Gasteiger charge is -2.13. The van der Waals surface area contributed by atoms with Crippen molar-refractivity contribution in [1.82, 2.24) is 24.8 Å². The molecule has 2 aromatic carbocycles. The van der Waals surface area contributed by atoms with E-state index in [-0.39, 0.29) is 30.2 Å². The third-order valence-electron chi connectivity index (χ3n) is 4.95. The fraction of sp³-hybridized carbons (Fsp3) is 0.174. The highest BCUT2D eigenvalue weighted by Crippen LogP contribution is 2.23. The van der Waals surface area contributed by atoms with Crippen molar-refractivity contribution in [1.29, 1.82) is 0 Å². The molecule has 174 valence electrons. The normalized spacial score (nSPS) is 10.9. The van der Waals surface area contributed by atoms with E-state index in [2.05, 4.69) is 25.6 Å². The molecule has 2 N–H and O–H groups in total. The quantitative estimate of drug-likeness (QED) is 0.373. The maximum Gasteiger partial charge on any atom is 0.278 e. The number of halogens is 3. The van der Waals surface area contributed by atoms with Gasteiger partial charge in [0.25, 0.3) is 5.56 Å². The Morgan fingerprint density at radius 3 is 2.50 bits per heavy atom. The second kappa shape index (κ2) is 10.4. The number of fused-ring (bicyclic) bond motifs is 1. The molecule has 4 rings (SSSR count). The maximum atomic E-state index is 13.4. The maximum absolute atomic E-state index is 13.4. The number of carbonyl (C=O) groups is 1. The zero-order valence-electron chi connectivity index (χ0n) is 18.0. The van der Waals surface area contributed by atoms with Gasteiger partial charge in [0.2, 0.25) is 11.9 Å². The van der Waals surface area contributed by atoms with Gasteiger partial charge in [-0.3, -0.25) is 14.2 Å². The van der Waals surface area contributed by atoms with Crippen molar-refractivity contribution < 1.29 is 4.79 Å². The van der Waals surface area contributed by atoms with Gasteiger partial charge in [0, 0.05) is 37.1 Å². The van der Waals surface area contributed by atoms with Crippen LogP contribution in [-0.4, -0.2) is 32.0 Å². The number of rotatable bonds is 7. The average molecular weight is 518 g/mol. The number of aromatic nitrogens is 4. The van der Waals surface area contributed by atoms with Crippen LogP contribution in [0.4, 0.5) is 5.95 Å². The summed E-state index contributed by atoms with van der Waals surface area (Å²) in [6.45, 7) is 2.28. The van der Waals surface area contributed by atoms with Crippen molar-refractivity contribution in [3.63, 3.8) is 0 Å². The Kier molecular flexibility index (Phi) is 7.31. The third kappa shape index (κ3) is 5.47. The number of nitrogens with zero attached hydrogens (tertiary/aromatic N) is 4. The van der Waals surface area contributed by atoms with E-state index in [4.69, 9.17) is 34.8 Å². The molecule has 0 saturated carbocycles. The van der Waals surface area contributed by atoms with Crippen LogP contribution < -0.4 is 16.2 Å². The molecule has 0 aliphatic heterocycles. The summed E-state index contributed by atoms with van der Waals surface area (Å²) in [7, 11) is 0. The van der Waals surface area contributed by atoms with Gasteiger partial charge >= 0.3 is 0 Å². The minimum Gasteiger partial charge on any atom is -0.355 e. The van der Waals surface area contributed by atoms with E-state index in [1.807, 2.05) is 6.07 Å². The van der Waals surface area contributed by atoms with Crippen LogP contribution in [0.1, 0.15) is 12.5 Å². The van der Waals surface area contributed by atoms with Gasteiger partial charge in [-0.05, 0) is 29.8 Å². The van der Waals surface area contributed by atoms with E-state index >= 15 is 0 Å². The largest absolute Gasteiger partial charge is 0.355 e. The molecule has 0 aliphatic carbocycles. The number of carbonyl (C=O) groups excluding carboxylic acids is 1. The van der Waals surface area contributed by atoms with Crippen molar-refractivity contribution in [2.45, 2.75) is 20.0 Å². The SMILES string of the molecule is CC(=O)NCCn1c(=O)c(-c2ccc(Cl)cc2)nc2cnc(NCc3ccc(Cl)c(Cl)c3)nc21. The van der Waals surface area contributed by atoms with Gasteiger partial charge in [-0.1, -0.05) is 53.0 Å². The Balaban J connectivity index is 1.72. The molecular formula is C23H19Cl3N6O2. The van der Waals surface area contributed by atoms with Crippen LogP contribution in [0.25, 0.3) is 22.4 Å². The van der Waals surface area contributed by atoms with E-state index in [1.54, 1.807) is 42.6 Å². The van der Waals surface area contributed by atoms with Crippen LogP contribution in [0.3, 0.4) is 0 Å². The summed E-state index contributed by atoms with van der Waals surface area (Å²) in [6.07, 6.45) is 1.55. The predicted molar refractivity (Wildman–Crippen MR) is 135 cm³/mol. The van der Waals surface area contributed by atoms with E-state index in [1.165, 1.54) is 11.5 Å². The second-order valence-electron chi connectivity index (χ2n) is 7.41. The second-order valence-corrected chi connectivity index (χ2v) is 8.66. The van der Waals surface area contributed by atoms with Gasteiger partial charge in [0.05, 0.1) is 16.2 Å². The van der Waals surface area contributed by atoms with Crippen molar-refractivity contribution in [3.8, 4) is 11.3 Å². The van der Waals surface area contributed by atoms with Gasteiger partial charge in [0.1, 0.15) is 11.2 Å². The molecule has 2 aromatic heterocycles. The molecule has 2 heterocycles.